The van der Waals surface area contributed by atoms with Gasteiger partial charge in [-0.1, -0.05) is 18.2 Å². The first-order chi connectivity index (χ1) is 13.2. The molecule has 0 spiro atoms. The molecule has 0 saturated carbocycles. The van der Waals surface area contributed by atoms with E-state index in [1.165, 1.54) is 60.7 Å². The van der Waals surface area contributed by atoms with Gasteiger partial charge in [-0.3, -0.25) is 4.79 Å². The lowest BCUT2D eigenvalue weighted by Crippen LogP contribution is -2.13. The van der Waals surface area contributed by atoms with E-state index >= 15 is 0 Å². The number of carbonyl (C=O) groups is 1. The van der Waals surface area contributed by atoms with Crippen LogP contribution >= 0.6 is 0 Å². The number of carbonyl (C=O) groups excluding carboxylic acids is 1. The molecule has 0 bridgehead atoms. The third kappa shape index (κ3) is 4.49. The fraction of sp³-hybridized carbons (Fsp3) is 0.0952. The van der Waals surface area contributed by atoms with E-state index in [1.807, 2.05) is 0 Å². The van der Waals surface area contributed by atoms with Crippen molar-refractivity contribution in [1.82, 2.24) is 0 Å². The summed E-state index contributed by atoms with van der Waals surface area (Å²) in [6, 6.07) is 14.9. The van der Waals surface area contributed by atoms with E-state index in [1.54, 1.807) is 6.92 Å². The Labute approximate surface area is 158 Å². The fourth-order valence-electron chi connectivity index (χ4n) is 2.53. The maximum atomic E-state index is 13.6. The largest absolute Gasteiger partial charge is 0.457 e. The molecule has 144 valence electrons. The van der Waals surface area contributed by atoms with Crippen LogP contribution in [0.1, 0.15) is 21.5 Å². The first-order valence-corrected chi connectivity index (χ1v) is 8.26. The van der Waals surface area contributed by atoms with Crippen LogP contribution < -0.4 is 10.1 Å². The van der Waals surface area contributed by atoms with Crippen molar-refractivity contribution in [3.63, 3.8) is 0 Å². The van der Waals surface area contributed by atoms with Gasteiger partial charge in [0, 0.05) is 5.69 Å². The van der Waals surface area contributed by atoms with Crippen LogP contribution in [0.3, 0.4) is 0 Å². The zero-order chi connectivity index (χ0) is 20.3. The number of ether oxygens (including phenoxy) is 1. The summed E-state index contributed by atoms with van der Waals surface area (Å²) in [6.07, 6.45) is -4.54. The molecule has 0 fully saturated rings. The van der Waals surface area contributed by atoms with Crippen LogP contribution in [0.4, 0.5) is 23.2 Å². The second kappa shape index (κ2) is 7.72. The van der Waals surface area contributed by atoms with Gasteiger partial charge in [0.05, 0.1) is 11.1 Å². The summed E-state index contributed by atoms with van der Waals surface area (Å²) in [6.45, 7) is 1.66. The molecule has 3 rings (SSSR count). The predicted molar refractivity (Wildman–Crippen MR) is 97.1 cm³/mol. The maximum absolute atomic E-state index is 13.6. The molecule has 0 unspecified atom stereocenters. The van der Waals surface area contributed by atoms with Gasteiger partial charge >= 0.3 is 6.18 Å². The molecule has 3 aromatic rings. The number of aryl methyl sites for hydroxylation is 1. The summed E-state index contributed by atoms with van der Waals surface area (Å²) < 4.78 is 58.4. The van der Waals surface area contributed by atoms with Crippen molar-refractivity contribution in [2.45, 2.75) is 13.1 Å². The van der Waals surface area contributed by atoms with Crippen LogP contribution in [0.2, 0.25) is 0 Å². The van der Waals surface area contributed by atoms with E-state index in [2.05, 4.69) is 5.32 Å². The molecule has 3 aromatic carbocycles. The van der Waals surface area contributed by atoms with Crippen molar-refractivity contribution in [3.8, 4) is 11.5 Å². The Hall–Kier alpha value is -3.35. The molecule has 3 nitrogen and oxygen atoms in total. The van der Waals surface area contributed by atoms with Gasteiger partial charge < -0.3 is 10.1 Å². The SMILES string of the molecule is Cc1ccc(C(F)(F)F)c(Oc2ccc(NC(=O)c3ccccc3F)cc2)c1. The molecule has 0 aromatic heterocycles. The summed E-state index contributed by atoms with van der Waals surface area (Å²) in [5, 5.41) is 2.52. The molecule has 0 aliphatic heterocycles. The van der Waals surface area contributed by atoms with Gasteiger partial charge in [0.2, 0.25) is 0 Å². The Morgan fingerprint density at radius 2 is 1.64 bits per heavy atom. The van der Waals surface area contributed by atoms with Gasteiger partial charge in [-0.2, -0.15) is 13.2 Å². The lowest BCUT2D eigenvalue weighted by atomic mass is 10.1. The summed E-state index contributed by atoms with van der Waals surface area (Å²) in [5.41, 5.74) is -0.0231. The Kier molecular flexibility index (Phi) is 5.35. The fourth-order valence-corrected chi connectivity index (χ4v) is 2.53. The van der Waals surface area contributed by atoms with E-state index in [0.29, 0.717) is 11.3 Å². The minimum atomic E-state index is -4.54. The highest BCUT2D eigenvalue weighted by atomic mass is 19.4. The summed E-state index contributed by atoms with van der Waals surface area (Å²) in [4.78, 5) is 12.1. The molecular weight excluding hydrogens is 374 g/mol. The van der Waals surface area contributed by atoms with Crippen molar-refractivity contribution in [3.05, 3.63) is 89.2 Å². The number of benzene rings is 3. The zero-order valence-electron chi connectivity index (χ0n) is 14.7. The molecule has 0 atom stereocenters. The van der Waals surface area contributed by atoms with Crippen molar-refractivity contribution in [2.24, 2.45) is 0 Å². The van der Waals surface area contributed by atoms with Gasteiger partial charge in [-0.15, -0.1) is 0 Å². The zero-order valence-corrected chi connectivity index (χ0v) is 14.7. The quantitative estimate of drug-likeness (QED) is 0.540. The molecule has 0 aliphatic carbocycles. The van der Waals surface area contributed by atoms with Gasteiger partial charge in [0.15, 0.2) is 0 Å². The highest BCUT2D eigenvalue weighted by Gasteiger charge is 2.34. The van der Waals surface area contributed by atoms with Crippen LogP contribution in [-0.2, 0) is 6.18 Å². The van der Waals surface area contributed by atoms with Crippen LogP contribution in [0.25, 0.3) is 0 Å². The first kappa shape index (κ1) is 19.4. The molecular formula is C21H15F4NO2. The monoisotopic (exact) mass is 389 g/mol. The number of amides is 1. The normalized spacial score (nSPS) is 11.2. The average molecular weight is 389 g/mol. The second-order valence-corrected chi connectivity index (χ2v) is 6.06. The number of hydrogen-bond acceptors (Lipinski definition) is 2. The van der Waals surface area contributed by atoms with Crippen molar-refractivity contribution in [1.29, 1.82) is 0 Å². The van der Waals surface area contributed by atoms with Gasteiger partial charge in [0.25, 0.3) is 5.91 Å². The molecule has 7 heteroatoms. The van der Waals surface area contributed by atoms with E-state index in [0.717, 1.165) is 6.07 Å². The number of alkyl halides is 3. The number of hydrogen-bond donors (Lipinski definition) is 1. The van der Waals surface area contributed by atoms with Crippen molar-refractivity contribution >= 4 is 11.6 Å². The third-order valence-corrected chi connectivity index (χ3v) is 3.90. The minimum absolute atomic E-state index is 0.114. The van der Waals surface area contributed by atoms with E-state index < -0.39 is 23.5 Å². The Morgan fingerprint density at radius 3 is 2.29 bits per heavy atom. The molecule has 1 amide bonds. The highest BCUT2D eigenvalue weighted by molar-refractivity contribution is 6.04. The van der Waals surface area contributed by atoms with E-state index in [-0.39, 0.29) is 17.1 Å². The predicted octanol–water partition coefficient (Wildman–Crippen LogP) is 6.20. The number of halogens is 4. The molecule has 0 heterocycles. The maximum Gasteiger partial charge on any atom is 0.419 e. The first-order valence-electron chi connectivity index (χ1n) is 8.26. The van der Waals surface area contributed by atoms with Gasteiger partial charge in [0.1, 0.15) is 17.3 Å². The van der Waals surface area contributed by atoms with Crippen LogP contribution in [0, 0.1) is 12.7 Å². The summed E-state index contributed by atoms with van der Waals surface area (Å²) in [7, 11) is 0. The summed E-state index contributed by atoms with van der Waals surface area (Å²) >= 11 is 0. The van der Waals surface area contributed by atoms with Crippen LogP contribution in [0.15, 0.2) is 66.7 Å². The molecule has 1 N–H and O–H groups in total. The molecule has 0 radical (unpaired) electrons. The Balaban J connectivity index is 1.76. The average Bonchev–Trinajstić information content (AvgIpc) is 2.62. The third-order valence-electron chi connectivity index (χ3n) is 3.90. The standard InChI is InChI=1S/C21H15F4NO2/c1-13-6-11-17(21(23,24)25)19(12-13)28-15-9-7-14(8-10-15)26-20(27)16-4-2-3-5-18(16)22/h2-12H,1H3,(H,26,27). The minimum Gasteiger partial charge on any atom is -0.457 e. The Morgan fingerprint density at radius 1 is 0.964 bits per heavy atom. The Bertz CT molecular complexity index is 998. The smallest absolute Gasteiger partial charge is 0.419 e. The van der Waals surface area contributed by atoms with Gasteiger partial charge in [-0.05, 0) is 61.0 Å². The lowest BCUT2D eigenvalue weighted by molar-refractivity contribution is -0.138. The van der Waals surface area contributed by atoms with E-state index in [4.69, 9.17) is 4.74 Å². The van der Waals surface area contributed by atoms with Gasteiger partial charge in [-0.25, -0.2) is 4.39 Å². The number of anilines is 1. The van der Waals surface area contributed by atoms with Crippen LogP contribution in [0.5, 0.6) is 11.5 Å². The van der Waals surface area contributed by atoms with Crippen molar-refractivity contribution < 1.29 is 27.1 Å². The number of rotatable bonds is 4. The molecule has 28 heavy (non-hydrogen) atoms. The van der Waals surface area contributed by atoms with E-state index in [9.17, 15) is 22.4 Å². The number of nitrogens with one attached hydrogen (secondary N) is 1. The van der Waals surface area contributed by atoms with Crippen molar-refractivity contribution in [2.75, 3.05) is 5.32 Å². The topological polar surface area (TPSA) is 38.3 Å². The second-order valence-electron chi connectivity index (χ2n) is 6.06. The molecule has 0 aliphatic rings. The highest BCUT2D eigenvalue weighted by Crippen LogP contribution is 2.38. The summed E-state index contributed by atoms with van der Waals surface area (Å²) in [5.74, 6) is -1.43. The van der Waals surface area contributed by atoms with Crippen LogP contribution in [-0.4, -0.2) is 5.91 Å². The lowest BCUT2D eigenvalue weighted by Gasteiger charge is -2.14. The molecule has 0 saturated heterocycles.